The summed E-state index contributed by atoms with van der Waals surface area (Å²) >= 11 is 3.47. The Morgan fingerprint density at radius 3 is 2.26 bits per heavy atom. The Kier molecular flexibility index (Phi) is 12.7. The third-order valence-corrected chi connectivity index (χ3v) is 9.19. The number of nitrogens with one attached hydrogen (secondary N) is 2. The zero-order valence-corrected chi connectivity index (χ0v) is 25.2. The van der Waals surface area contributed by atoms with E-state index < -0.39 is 28.2 Å². The fourth-order valence-electron chi connectivity index (χ4n) is 4.33. The molecule has 5 N–H and O–H groups in total. The summed E-state index contributed by atoms with van der Waals surface area (Å²) in [6.45, 7) is 5.02. The molecule has 2 aromatic rings. The van der Waals surface area contributed by atoms with Crippen LogP contribution in [-0.4, -0.2) is 67.7 Å². The van der Waals surface area contributed by atoms with Crippen LogP contribution in [0.15, 0.2) is 57.9 Å². The highest BCUT2D eigenvalue weighted by Gasteiger charge is 2.33. The summed E-state index contributed by atoms with van der Waals surface area (Å²) < 4.78 is 33.6. The van der Waals surface area contributed by atoms with Gasteiger partial charge < -0.3 is 26.2 Å². The molecule has 12 heteroatoms. The number of nitrogens with two attached hydrogens (primary N) is 1. The van der Waals surface area contributed by atoms with Gasteiger partial charge in [-0.1, -0.05) is 34.1 Å². The minimum Gasteiger partial charge on any atom is -0.453 e. The van der Waals surface area contributed by atoms with Crippen molar-refractivity contribution in [1.82, 2.24) is 14.9 Å². The van der Waals surface area contributed by atoms with Crippen LogP contribution in [0.25, 0.3) is 0 Å². The molecule has 0 bridgehead atoms. The maximum atomic E-state index is 13.4. The van der Waals surface area contributed by atoms with E-state index in [0.717, 1.165) is 10.0 Å². The van der Waals surface area contributed by atoms with Gasteiger partial charge in [0.1, 0.15) is 6.04 Å². The van der Waals surface area contributed by atoms with Gasteiger partial charge in [-0.25, -0.2) is 13.2 Å². The summed E-state index contributed by atoms with van der Waals surface area (Å²) in [4.78, 5) is 25.0. The van der Waals surface area contributed by atoms with Crippen molar-refractivity contribution in [2.45, 2.75) is 75.5 Å². The first-order valence-corrected chi connectivity index (χ1v) is 15.0. The lowest BCUT2D eigenvalue weighted by molar-refractivity contribution is -0.123. The van der Waals surface area contributed by atoms with E-state index in [9.17, 15) is 23.1 Å². The number of aliphatic hydroxyl groups excluding tert-OH is 1. The van der Waals surface area contributed by atoms with Crippen molar-refractivity contribution >= 4 is 43.6 Å². The molecule has 3 atom stereocenters. The van der Waals surface area contributed by atoms with Gasteiger partial charge in [0.05, 0.1) is 18.6 Å². The smallest absolute Gasteiger partial charge is 0.407 e. The number of hydrogen-bond donors (Lipinski definition) is 4. The molecule has 0 heterocycles. The van der Waals surface area contributed by atoms with E-state index in [0.29, 0.717) is 24.9 Å². The largest absolute Gasteiger partial charge is 0.453 e. The van der Waals surface area contributed by atoms with Crippen LogP contribution >= 0.6 is 15.9 Å². The van der Waals surface area contributed by atoms with Crippen molar-refractivity contribution in [2.24, 2.45) is 0 Å². The second kappa shape index (κ2) is 15.2. The number of rotatable bonds is 14. The molecule has 0 unspecified atom stereocenters. The highest BCUT2D eigenvalue weighted by molar-refractivity contribution is 9.10. The fraction of sp³-hybridized carbons (Fsp3) is 0.481. The monoisotopic (exact) mass is 626 g/mol. The highest BCUT2D eigenvalue weighted by atomic mass is 79.9. The summed E-state index contributed by atoms with van der Waals surface area (Å²) in [5.74, 6) is -0.364. The van der Waals surface area contributed by atoms with Gasteiger partial charge in [-0.15, -0.1) is 0 Å². The molecule has 216 valence electrons. The minimum atomic E-state index is -3.86. The number of ether oxygens (including phenoxy) is 1. The van der Waals surface area contributed by atoms with Crippen LogP contribution in [0.5, 0.6) is 0 Å². The number of benzene rings is 2. The van der Waals surface area contributed by atoms with E-state index in [4.69, 9.17) is 5.73 Å². The normalized spacial score (nSPS) is 14.1. The number of carbonyl (C=O) groups excluding carboxylic acids is 2. The SMILES string of the molecule is COC(=O)N[C@@H](Cc1ccccc1Br)C(=O)N[C@@H](C)CCC[C@@H](CO)N(C(C)C)S(=O)(=O)c1ccc(N)cc1. The van der Waals surface area contributed by atoms with Gasteiger partial charge in [0, 0.05) is 34.7 Å². The molecule has 0 aliphatic rings. The number of alkyl carbamates (subject to hydrolysis) is 1. The van der Waals surface area contributed by atoms with Crippen LogP contribution in [0.2, 0.25) is 0 Å². The van der Waals surface area contributed by atoms with Crippen LogP contribution in [0.4, 0.5) is 10.5 Å². The molecule has 2 amide bonds. The Hall–Kier alpha value is -2.67. The molecular formula is C27H39BrN4O6S. The third-order valence-electron chi connectivity index (χ3n) is 6.27. The molecule has 39 heavy (non-hydrogen) atoms. The van der Waals surface area contributed by atoms with Crippen molar-refractivity contribution < 1.29 is 27.9 Å². The Labute approximate surface area is 239 Å². The number of anilines is 1. The van der Waals surface area contributed by atoms with Crippen LogP contribution in [0.3, 0.4) is 0 Å². The molecule has 0 aliphatic heterocycles. The first-order chi connectivity index (χ1) is 18.4. The molecule has 2 rings (SSSR count). The summed E-state index contributed by atoms with van der Waals surface area (Å²) in [6, 6.07) is 11.3. The number of nitrogens with zero attached hydrogens (tertiary/aromatic N) is 1. The van der Waals surface area contributed by atoms with Crippen molar-refractivity contribution in [3.05, 3.63) is 58.6 Å². The van der Waals surface area contributed by atoms with Crippen LogP contribution in [0.1, 0.15) is 45.6 Å². The molecule has 2 aromatic carbocycles. The second-order valence-corrected chi connectivity index (χ2v) is 12.4. The van der Waals surface area contributed by atoms with Gasteiger partial charge in [0.2, 0.25) is 15.9 Å². The summed E-state index contributed by atoms with van der Waals surface area (Å²) in [7, 11) is -2.63. The Morgan fingerprint density at radius 1 is 1.05 bits per heavy atom. The molecule has 0 spiro atoms. The zero-order valence-electron chi connectivity index (χ0n) is 22.8. The maximum Gasteiger partial charge on any atom is 0.407 e. The second-order valence-electron chi connectivity index (χ2n) is 9.66. The number of aliphatic hydroxyl groups is 1. The summed E-state index contributed by atoms with van der Waals surface area (Å²) in [5.41, 5.74) is 7.02. The predicted molar refractivity (Wildman–Crippen MR) is 155 cm³/mol. The molecular weight excluding hydrogens is 588 g/mol. The Morgan fingerprint density at radius 2 is 1.69 bits per heavy atom. The molecule has 0 fully saturated rings. The van der Waals surface area contributed by atoms with Gasteiger partial charge in [0.25, 0.3) is 0 Å². The van der Waals surface area contributed by atoms with E-state index in [1.165, 1.54) is 35.7 Å². The van der Waals surface area contributed by atoms with Crippen molar-refractivity contribution in [1.29, 1.82) is 0 Å². The van der Waals surface area contributed by atoms with E-state index in [-0.39, 0.29) is 35.9 Å². The molecule has 0 saturated heterocycles. The first kappa shape index (κ1) is 32.5. The van der Waals surface area contributed by atoms with Gasteiger partial charge in [-0.3, -0.25) is 4.79 Å². The Bertz CT molecular complexity index is 1190. The van der Waals surface area contributed by atoms with E-state index in [1.807, 2.05) is 31.2 Å². The molecule has 0 aromatic heterocycles. The summed E-state index contributed by atoms with van der Waals surface area (Å²) in [6.07, 6.45) is 1.03. The quantitative estimate of drug-likeness (QED) is 0.234. The number of amides is 2. The van der Waals surface area contributed by atoms with Gasteiger partial charge >= 0.3 is 6.09 Å². The number of sulfonamides is 1. The third kappa shape index (κ3) is 9.48. The maximum absolute atomic E-state index is 13.4. The summed E-state index contributed by atoms with van der Waals surface area (Å²) in [5, 5.41) is 15.6. The molecule has 0 saturated carbocycles. The van der Waals surface area contributed by atoms with Gasteiger partial charge in [-0.05, 0) is 75.9 Å². The van der Waals surface area contributed by atoms with Crippen molar-refractivity contribution in [3.63, 3.8) is 0 Å². The number of nitrogen functional groups attached to an aromatic ring is 1. The first-order valence-electron chi connectivity index (χ1n) is 12.8. The predicted octanol–water partition coefficient (Wildman–Crippen LogP) is 3.43. The van der Waals surface area contributed by atoms with E-state index >= 15 is 0 Å². The lowest BCUT2D eigenvalue weighted by Crippen LogP contribution is -2.50. The number of halogens is 1. The lowest BCUT2D eigenvalue weighted by atomic mass is 10.0. The van der Waals surface area contributed by atoms with Gasteiger partial charge in [-0.2, -0.15) is 4.31 Å². The standard InChI is InChI=1S/C27H39BrN4O6S/c1-18(2)32(39(36,37)23-14-12-21(29)13-15-23)22(17-33)10-7-8-19(3)30-26(34)25(31-27(35)38-4)16-20-9-5-6-11-24(20)28/h5-6,9,11-15,18-19,22,25,33H,7-8,10,16-17,29H2,1-4H3,(H,30,34)(H,31,35)/t19-,22-,25-/m0/s1. The average molecular weight is 628 g/mol. The van der Waals surface area contributed by atoms with Crippen LogP contribution < -0.4 is 16.4 Å². The lowest BCUT2D eigenvalue weighted by Gasteiger charge is -2.33. The van der Waals surface area contributed by atoms with Crippen LogP contribution in [-0.2, 0) is 26.0 Å². The fourth-order valence-corrected chi connectivity index (χ4v) is 6.62. The number of carbonyl (C=O) groups is 2. The van der Waals surface area contributed by atoms with Crippen LogP contribution in [0, 0.1) is 0 Å². The number of methoxy groups -OCH3 is 1. The average Bonchev–Trinajstić information content (AvgIpc) is 2.88. The minimum absolute atomic E-state index is 0.110. The Balaban J connectivity index is 2.04. The van der Waals surface area contributed by atoms with Gasteiger partial charge in [0.15, 0.2) is 0 Å². The topological polar surface area (TPSA) is 151 Å². The zero-order chi connectivity index (χ0) is 29.2. The highest BCUT2D eigenvalue weighted by Crippen LogP contribution is 2.24. The number of hydrogen-bond acceptors (Lipinski definition) is 7. The van der Waals surface area contributed by atoms with Crippen molar-refractivity contribution in [2.75, 3.05) is 19.5 Å². The van der Waals surface area contributed by atoms with E-state index in [1.54, 1.807) is 13.8 Å². The molecule has 0 aliphatic carbocycles. The molecule has 0 radical (unpaired) electrons. The van der Waals surface area contributed by atoms with Crippen molar-refractivity contribution in [3.8, 4) is 0 Å². The van der Waals surface area contributed by atoms with E-state index in [2.05, 4.69) is 31.3 Å². The molecule has 10 nitrogen and oxygen atoms in total.